The van der Waals surface area contributed by atoms with Crippen LogP contribution in [0.4, 0.5) is 0 Å². The van der Waals surface area contributed by atoms with Crippen LogP contribution in [0, 0.1) is 5.92 Å². The van der Waals surface area contributed by atoms with Gasteiger partial charge in [0.05, 0.1) is 18.3 Å². The molecule has 78 valence electrons. The van der Waals surface area contributed by atoms with Gasteiger partial charge in [0.1, 0.15) is 6.10 Å². The summed E-state index contributed by atoms with van der Waals surface area (Å²) in [5, 5.41) is 0. The van der Waals surface area contributed by atoms with Crippen LogP contribution < -0.4 is 0 Å². The Morgan fingerprint density at radius 2 is 1.38 bits per heavy atom. The molecule has 0 spiro atoms. The van der Waals surface area contributed by atoms with Crippen LogP contribution in [0.5, 0.6) is 0 Å². The molecule has 0 aromatic rings. The van der Waals surface area contributed by atoms with Gasteiger partial charge in [0, 0.05) is 20.1 Å². The molecule has 0 N–H and O–H groups in total. The van der Waals surface area contributed by atoms with E-state index in [0.717, 1.165) is 0 Å². The van der Waals surface area contributed by atoms with Gasteiger partial charge in [-0.1, -0.05) is 6.92 Å². The average Bonchev–Trinajstić information content (AvgIpc) is 2.10. The second-order valence-corrected chi connectivity index (χ2v) is 3.81. The van der Waals surface area contributed by atoms with Crippen molar-refractivity contribution in [3.63, 3.8) is 0 Å². The highest BCUT2D eigenvalue weighted by molar-refractivity contribution is 4.88. The molecule has 0 amide bonds. The van der Waals surface area contributed by atoms with Gasteiger partial charge in [-0.3, -0.25) is 0 Å². The standard InChI is InChI=1S/C10H20O3/c1-6-7(2)13-8(3)10(12-5)9(6)11-4/h6-10H,1-5H3/t6-,7-,8-,9+,10-/m0/s1. The molecule has 3 nitrogen and oxygen atoms in total. The van der Waals surface area contributed by atoms with E-state index < -0.39 is 0 Å². The minimum Gasteiger partial charge on any atom is -0.378 e. The fourth-order valence-corrected chi connectivity index (χ4v) is 2.05. The van der Waals surface area contributed by atoms with E-state index >= 15 is 0 Å². The minimum absolute atomic E-state index is 0.0520. The van der Waals surface area contributed by atoms with Crippen LogP contribution in [0.2, 0.25) is 0 Å². The van der Waals surface area contributed by atoms with E-state index in [1.165, 1.54) is 0 Å². The van der Waals surface area contributed by atoms with Gasteiger partial charge in [-0.05, 0) is 13.8 Å². The molecule has 0 bridgehead atoms. The van der Waals surface area contributed by atoms with Gasteiger partial charge >= 0.3 is 0 Å². The Hall–Kier alpha value is -0.120. The third-order valence-corrected chi connectivity index (χ3v) is 3.02. The zero-order valence-electron chi connectivity index (χ0n) is 9.11. The molecular formula is C10H20O3. The number of rotatable bonds is 2. The highest BCUT2D eigenvalue weighted by Gasteiger charge is 2.40. The molecule has 1 rings (SSSR count). The lowest BCUT2D eigenvalue weighted by atomic mass is 9.89. The smallest absolute Gasteiger partial charge is 0.109 e. The summed E-state index contributed by atoms with van der Waals surface area (Å²) in [5.74, 6) is 0.381. The SMILES string of the molecule is CO[C@@H]1[C@@H](C)[C@H](C)O[C@@H](C)[C@@H]1OC. The van der Waals surface area contributed by atoms with Crippen LogP contribution >= 0.6 is 0 Å². The van der Waals surface area contributed by atoms with E-state index in [0.29, 0.717) is 5.92 Å². The van der Waals surface area contributed by atoms with Crippen molar-refractivity contribution in [2.24, 2.45) is 5.92 Å². The molecule has 5 atom stereocenters. The van der Waals surface area contributed by atoms with Gasteiger partial charge in [0.25, 0.3) is 0 Å². The first-order valence-electron chi connectivity index (χ1n) is 4.82. The minimum atomic E-state index is 0.0520. The monoisotopic (exact) mass is 188 g/mol. The molecule has 0 saturated carbocycles. The van der Waals surface area contributed by atoms with Crippen molar-refractivity contribution in [3.8, 4) is 0 Å². The van der Waals surface area contributed by atoms with Crippen molar-refractivity contribution in [1.29, 1.82) is 0 Å². The van der Waals surface area contributed by atoms with Crippen molar-refractivity contribution < 1.29 is 14.2 Å². The predicted octanol–water partition coefficient (Wildman–Crippen LogP) is 1.46. The lowest BCUT2D eigenvalue weighted by molar-refractivity contribution is -0.202. The van der Waals surface area contributed by atoms with E-state index in [1.807, 2.05) is 6.92 Å². The summed E-state index contributed by atoms with van der Waals surface area (Å²) in [6.45, 7) is 6.25. The molecule has 1 heterocycles. The molecule has 3 heteroatoms. The molecule has 0 aliphatic carbocycles. The largest absolute Gasteiger partial charge is 0.378 e. The lowest BCUT2D eigenvalue weighted by Gasteiger charge is -2.42. The van der Waals surface area contributed by atoms with E-state index in [-0.39, 0.29) is 24.4 Å². The second-order valence-electron chi connectivity index (χ2n) is 3.81. The zero-order valence-corrected chi connectivity index (χ0v) is 9.11. The van der Waals surface area contributed by atoms with Crippen molar-refractivity contribution in [1.82, 2.24) is 0 Å². The average molecular weight is 188 g/mol. The maximum atomic E-state index is 5.73. The molecule has 0 aromatic heterocycles. The summed E-state index contributed by atoms with van der Waals surface area (Å²) < 4.78 is 16.5. The maximum Gasteiger partial charge on any atom is 0.109 e. The van der Waals surface area contributed by atoms with Gasteiger partial charge in [-0.2, -0.15) is 0 Å². The first kappa shape index (κ1) is 11.0. The first-order valence-corrected chi connectivity index (χ1v) is 4.82. The topological polar surface area (TPSA) is 27.7 Å². The van der Waals surface area contributed by atoms with Crippen molar-refractivity contribution >= 4 is 0 Å². The van der Waals surface area contributed by atoms with E-state index in [9.17, 15) is 0 Å². The number of ether oxygens (including phenoxy) is 3. The maximum absolute atomic E-state index is 5.73. The predicted molar refractivity (Wildman–Crippen MR) is 50.8 cm³/mol. The lowest BCUT2D eigenvalue weighted by Crippen LogP contribution is -2.53. The van der Waals surface area contributed by atoms with E-state index in [4.69, 9.17) is 14.2 Å². The van der Waals surface area contributed by atoms with E-state index in [1.54, 1.807) is 14.2 Å². The van der Waals surface area contributed by atoms with Gasteiger partial charge in [0.2, 0.25) is 0 Å². The summed E-state index contributed by atoms with van der Waals surface area (Å²) >= 11 is 0. The summed E-state index contributed by atoms with van der Waals surface area (Å²) in [4.78, 5) is 0. The molecule has 0 unspecified atom stereocenters. The molecule has 1 fully saturated rings. The number of hydrogen-bond acceptors (Lipinski definition) is 3. The Balaban J connectivity index is 2.71. The molecule has 0 aromatic carbocycles. The Bertz CT molecular complexity index is 160. The zero-order chi connectivity index (χ0) is 10.0. The highest BCUT2D eigenvalue weighted by Crippen LogP contribution is 2.28. The molecule has 1 aliphatic rings. The van der Waals surface area contributed by atoms with Crippen LogP contribution in [0.1, 0.15) is 20.8 Å². The summed E-state index contributed by atoms with van der Waals surface area (Å²) in [5.41, 5.74) is 0. The van der Waals surface area contributed by atoms with Gasteiger partial charge in [0.15, 0.2) is 0 Å². The Labute approximate surface area is 80.4 Å². The Morgan fingerprint density at radius 3 is 1.85 bits per heavy atom. The molecule has 0 radical (unpaired) electrons. The molecular weight excluding hydrogens is 168 g/mol. The van der Waals surface area contributed by atoms with Gasteiger partial charge < -0.3 is 14.2 Å². The second kappa shape index (κ2) is 4.40. The van der Waals surface area contributed by atoms with Crippen molar-refractivity contribution in [2.75, 3.05) is 14.2 Å². The van der Waals surface area contributed by atoms with Crippen LogP contribution in [0.3, 0.4) is 0 Å². The van der Waals surface area contributed by atoms with Gasteiger partial charge in [-0.15, -0.1) is 0 Å². The summed E-state index contributed by atoms with van der Waals surface area (Å²) in [6.07, 6.45) is 0.549. The normalized spacial score (nSPS) is 46.4. The van der Waals surface area contributed by atoms with Crippen LogP contribution in [-0.4, -0.2) is 38.6 Å². The van der Waals surface area contributed by atoms with Crippen molar-refractivity contribution in [2.45, 2.75) is 45.2 Å². The molecule has 1 aliphatic heterocycles. The fraction of sp³-hybridized carbons (Fsp3) is 1.00. The number of hydrogen-bond donors (Lipinski definition) is 0. The highest BCUT2D eigenvalue weighted by atomic mass is 16.6. The Kier molecular flexibility index (Phi) is 3.71. The van der Waals surface area contributed by atoms with E-state index in [2.05, 4.69) is 13.8 Å². The third kappa shape index (κ3) is 2.03. The summed E-state index contributed by atoms with van der Waals surface area (Å²) in [7, 11) is 3.44. The van der Waals surface area contributed by atoms with Crippen molar-refractivity contribution in [3.05, 3.63) is 0 Å². The first-order chi connectivity index (χ1) is 6.11. The third-order valence-electron chi connectivity index (χ3n) is 3.02. The Morgan fingerprint density at radius 1 is 0.846 bits per heavy atom. The fourth-order valence-electron chi connectivity index (χ4n) is 2.05. The molecule has 13 heavy (non-hydrogen) atoms. The van der Waals surface area contributed by atoms with Crippen LogP contribution in [0.25, 0.3) is 0 Å². The van der Waals surface area contributed by atoms with Gasteiger partial charge in [-0.25, -0.2) is 0 Å². The number of methoxy groups -OCH3 is 2. The molecule has 1 saturated heterocycles. The quantitative estimate of drug-likeness (QED) is 0.656. The van der Waals surface area contributed by atoms with Crippen LogP contribution in [-0.2, 0) is 14.2 Å². The van der Waals surface area contributed by atoms with Crippen LogP contribution in [0.15, 0.2) is 0 Å². The summed E-state index contributed by atoms with van der Waals surface area (Å²) in [6, 6.07) is 0.